The van der Waals surface area contributed by atoms with Crippen LogP contribution in [0.4, 0.5) is 5.69 Å². The number of hydrogen-bond acceptors (Lipinski definition) is 4. The molecule has 0 saturated carbocycles. The average Bonchev–Trinajstić information content (AvgIpc) is 2.37. The van der Waals surface area contributed by atoms with Crippen LogP contribution in [0.1, 0.15) is 18.1 Å². The first kappa shape index (κ1) is 12.9. The molecule has 1 aliphatic rings. The molecule has 0 bridgehead atoms. The van der Waals surface area contributed by atoms with Gasteiger partial charge in [0, 0.05) is 18.8 Å². The molecular formula is C12H15N3O2S. The molecule has 0 aliphatic carbocycles. The van der Waals surface area contributed by atoms with Crippen molar-refractivity contribution in [2.24, 2.45) is 0 Å². The van der Waals surface area contributed by atoms with E-state index < -0.39 is 15.3 Å². The summed E-state index contributed by atoms with van der Waals surface area (Å²) in [6.45, 7) is 2.09. The fraction of sp³-hybridized carbons (Fsp3) is 0.417. The van der Waals surface area contributed by atoms with Crippen LogP contribution in [0.3, 0.4) is 0 Å². The minimum absolute atomic E-state index is 0.300. The Labute approximate surface area is 107 Å². The van der Waals surface area contributed by atoms with Gasteiger partial charge in [-0.2, -0.15) is 9.57 Å². The Kier molecular flexibility index (Phi) is 3.28. The number of nitrogens with zero attached hydrogens (tertiary/aromatic N) is 2. The molecule has 0 fully saturated rings. The first-order valence-electron chi connectivity index (χ1n) is 5.71. The van der Waals surface area contributed by atoms with E-state index in [0.29, 0.717) is 25.2 Å². The van der Waals surface area contributed by atoms with Gasteiger partial charge in [-0.3, -0.25) is 0 Å². The fourth-order valence-electron chi connectivity index (χ4n) is 2.12. The highest BCUT2D eigenvalue weighted by Crippen LogP contribution is 2.26. The molecule has 0 saturated heterocycles. The SMILES string of the molecule is CC(C#N)S(=O)(=O)N1CCc2c(N)cccc2C1. The van der Waals surface area contributed by atoms with Crippen LogP contribution in [0.25, 0.3) is 0 Å². The van der Waals surface area contributed by atoms with Crippen molar-refractivity contribution in [3.8, 4) is 6.07 Å². The molecule has 6 heteroatoms. The van der Waals surface area contributed by atoms with Crippen molar-refractivity contribution >= 4 is 15.7 Å². The topological polar surface area (TPSA) is 87.2 Å². The smallest absolute Gasteiger partial charge is 0.230 e. The van der Waals surface area contributed by atoms with Crippen LogP contribution in [0.5, 0.6) is 0 Å². The van der Waals surface area contributed by atoms with E-state index in [2.05, 4.69) is 0 Å². The molecule has 1 aromatic rings. The lowest BCUT2D eigenvalue weighted by atomic mass is 9.99. The van der Waals surface area contributed by atoms with E-state index in [-0.39, 0.29) is 0 Å². The number of fused-ring (bicyclic) bond motifs is 1. The Hall–Kier alpha value is -1.58. The van der Waals surface area contributed by atoms with Gasteiger partial charge in [-0.25, -0.2) is 8.42 Å². The zero-order valence-electron chi connectivity index (χ0n) is 10.1. The summed E-state index contributed by atoms with van der Waals surface area (Å²) in [6, 6.07) is 7.30. The molecule has 1 heterocycles. The van der Waals surface area contributed by atoms with Crippen molar-refractivity contribution in [3.63, 3.8) is 0 Å². The van der Waals surface area contributed by atoms with Crippen molar-refractivity contribution in [2.45, 2.75) is 25.1 Å². The summed E-state index contributed by atoms with van der Waals surface area (Å²) in [4.78, 5) is 0. The molecule has 0 amide bonds. The largest absolute Gasteiger partial charge is 0.398 e. The van der Waals surface area contributed by atoms with Crippen molar-refractivity contribution in [2.75, 3.05) is 12.3 Å². The van der Waals surface area contributed by atoms with Gasteiger partial charge >= 0.3 is 0 Å². The molecule has 96 valence electrons. The molecular weight excluding hydrogens is 250 g/mol. The maximum atomic E-state index is 12.1. The van der Waals surface area contributed by atoms with Gasteiger partial charge in [0.05, 0.1) is 6.07 Å². The standard InChI is InChI=1S/C12H15N3O2S/c1-9(7-13)18(16,17)15-6-5-11-10(8-15)3-2-4-12(11)14/h2-4,9H,5-6,8,14H2,1H3. The summed E-state index contributed by atoms with van der Waals surface area (Å²) < 4.78 is 25.5. The van der Waals surface area contributed by atoms with E-state index in [9.17, 15) is 8.42 Å². The minimum atomic E-state index is -3.54. The summed E-state index contributed by atoms with van der Waals surface area (Å²) in [7, 11) is -3.54. The summed E-state index contributed by atoms with van der Waals surface area (Å²) >= 11 is 0. The van der Waals surface area contributed by atoms with Gasteiger partial charge in [-0.15, -0.1) is 0 Å². The van der Waals surface area contributed by atoms with Gasteiger partial charge < -0.3 is 5.73 Å². The average molecular weight is 265 g/mol. The second-order valence-electron chi connectivity index (χ2n) is 4.38. The quantitative estimate of drug-likeness (QED) is 0.804. The van der Waals surface area contributed by atoms with Crippen LogP contribution >= 0.6 is 0 Å². The van der Waals surface area contributed by atoms with Gasteiger partial charge in [-0.1, -0.05) is 12.1 Å². The predicted octanol–water partition coefficient (Wildman–Crippen LogP) is 0.869. The Bertz CT molecular complexity index is 604. The summed E-state index contributed by atoms with van der Waals surface area (Å²) in [5, 5.41) is 7.75. The number of nitrogen functional groups attached to an aromatic ring is 1. The maximum Gasteiger partial charge on any atom is 0.230 e. The van der Waals surface area contributed by atoms with Crippen molar-refractivity contribution in [1.29, 1.82) is 5.26 Å². The Morgan fingerprint density at radius 1 is 1.50 bits per heavy atom. The second-order valence-corrected chi connectivity index (χ2v) is 6.64. The van der Waals surface area contributed by atoms with Gasteiger partial charge in [0.1, 0.15) is 0 Å². The van der Waals surface area contributed by atoms with E-state index in [4.69, 9.17) is 11.0 Å². The number of nitrogens with two attached hydrogens (primary N) is 1. The minimum Gasteiger partial charge on any atom is -0.398 e. The van der Waals surface area contributed by atoms with Gasteiger partial charge in [-0.05, 0) is 30.5 Å². The molecule has 18 heavy (non-hydrogen) atoms. The molecule has 5 nitrogen and oxygen atoms in total. The molecule has 2 N–H and O–H groups in total. The molecule has 0 radical (unpaired) electrons. The number of hydrogen-bond donors (Lipinski definition) is 1. The zero-order valence-corrected chi connectivity index (χ0v) is 10.9. The number of benzene rings is 1. The number of sulfonamides is 1. The van der Waals surface area contributed by atoms with Gasteiger partial charge in [0.15, 0.2) is 5.25 Å². The highest BCUT2D eigenvalue weighted by atomic mass is 32.2. The van der Waals surface area contributed by atoms with E-state index in [0.717, 1.165) is 11.1 Å². The van der Waals surface area contributed by atoms with Crippen LogP contribution in [-0.2, 0) is 23.0 Å². The first-order valence-corrected chi connectivity index (χ1v) is 7.22. The Morgan fingerprint density at radius 3 is 2.89 bits per heavy atom. The van der Waals surface area contributed by atoms with E-state index >= 15 is 0 Å². The highest BCUT2D eigenvalue weighted by molar-refractivity contribution is 7.89. The van der Waals surface area contributed by atoms with Crippen LogP contribution < -0.4 is 5.73 Å². The molecule has 1 aromatic carbocycles. The number of rotatable bonds is 2. The van der Waals surface area contributed by atoms with Crippen LogP contribution in [0, 0.1) is 11.3 Å². The van der Waals surface area contributed by atoms with Crippen LogP contribution in [0.15, 0.2) is 18.2 Å². The van der Waals surface area contributed by atoms with Crippen LogP contribution in [0.2, 0.25) is 0 Å². The van der Waals surface area contributed by atoms with Gasteiger partial charge in [0.2, 0.25) is 10.0 Å². The zero-order chi connectivity index (χ0) is 13.3. The van der Waals surface area contributed by atoms with E-state index in [1.807, 2.05) is 18.2 Å². The van der Waals surface area contributed by atoms with E-state index in [1.165, 1.54) is 11.2 Å². The molecule has 2 rings (SSSR count). The normalized spacial score (nSPS) is 17.8. The summed E-state index contributed by atoms with van der Waals surface area (Å²) in [5.74, 6) is 0. The highest BCUT2D eigenvalue weighted by Gasteiger charge is 2.31. The third-order valence-electron chi connectivity index (χ3n) is 3.26. The molecule has 1 atom stereocenters. The lowest BCUT2D eigenvalue weighted by Gasteiger charge is -2.29. The Morgan fingerprint density at radius 2 is 2.22 bits per heavy atom. The van der Waals surface area contributed by atoms with Crippen LogP contribution in [-0.4, -0.2) is 24.5 Å². The molecule has 1 aliphatic heterocycles. The predicted molar refractivity (Wildman–Crippen MR) is 69.0 cm³/mol. The molecule has 0 aromatic heterocycles. The molecule has 1 unspecified atom stereocenters. The first-order chi connectivity index (χ1) is 8.46. The summed E-state index contributed by atoms with van der Waals surface area (Å²) in [5.41, 5.74) is 8.52. The van der Waals surface area contributed by atoms with Crippen molar-refractivity contribution in [3.05, 3.63) is 29.3 Å². The van der Waals surface area contributed by atoms with Gasteiger partial charge in [0.25, 0.3) is 0 Å². The summed E-state index contributed by atoms with van der Waals surface area (Å²) in [6.07, 6.45) is 0.597. The number of anilines is 1. The van der Waals surface area contributed by atoms with E-state index in [1.54, 1.807) is 6.07 Å². The Balaban J connectivity index is 2.32. The fourth-order valence-corrected chi connectivity index (χ4v) is 3.37. The van der Waals surface area contributed by atoms with Crippen molar-refractivity contribution < 1.29 is 8.42 Å². The lowest BCUT2D eigenvalue weighted by molar-refractivity contribution is 0.389. The lowest BCUT2D eigenvalue weighted by Crippen LogP contribution is -2.40. The monoisotopic (exact) mass is 265 g/mol. The maximum absolute atomic E-state index is 12.1. The van der Waals surface area contributed by atoms with Crippen molar-refractivity contribution in [1.82, 2.24) is 4.31 Å². The third-order valence-corrected chi connectivity index (χ3v) is 5.29. The second kappa shape index (κ2) is 4.59. The molecule has 0 spiro atoms. The third kappa shape index (κ3) is 2.07. The number of nitriles is 1.